The molecule has 0 saturated carbocycles. The number of aromatic nitrogens is 2. The Labute approximate surface area is 205 Å². The summed E-state index contributed by atoms with van der Waals surface area (Å²) >= 11 is 0. The highest BCUT2D eigenvalue weighted by molar-refractivity contribution is 5.98. The summed E-state index contributed by atoms with van der Waals surface area (Å²) in [6.07, 6.45) is -8.74. The molecule has 0 radical (unpaired) electrons. The molecule has 0 fully saturated rings. The summed E-state index contributed by atoms with van der Waals surface area (Å²) < 4.78 is 96.6. The number of carbonyl (C=O) groups is 3. The van der Waals surface area contributed by atoms with Crippen molar-refractivity contribution in [1.29, 1.82) is 0 Å². The van der Waals surface area contributed by atoms with Crippen molar-refractivity contribution in [3.8, 4) is 5.75 Å². The summed E-state index contributed by atoms with van der Waals surface area (Å²) in [6.45, 7) is 0.664. The Morgan fingerprint density at radius 3 is 2.38 bits per heavy atom. The SMILES string of the molecule is CCn1nccc1C(=O)NCC(=O)Nc1cc(OC(F)(F)F)c(C(C)C(=O)N(C)CC(F)(F)F)cc1F. The number of ether oxygens (including phenoxy) is 1. The fourth-order valence-corrected chi connectivity index (χ4v) is 3.25. The monoisotopic (exact) mass is 541 g/mol. The van der Waals surface area contributed by atoms with Crippen molar-refractivity contribution in [2.45, 2.75) is 38.8 Å². The minimum atomic E-state index is -5.31. The van der Waals surface area contributed by atoms with Gasteiger partial charge in [0.15, 0.2) is 0 Å². The van der Waals surface area contributed by atoms with Crippen molar-refractivity contribution in [2.24, 2.45) is 0 Å². The van der Waals surface area contributed by atoms with Gasteiger partial charge in [0.25, 0.3) is 5.91 Å². The van der Waals surface area contributed by atoms with E-state index in [2.05, 4.69) is 15.2 Å². The van der Waals surface area contributed by atoms with E-state index in [1.165, 1.54) is 16.9 Å². The van der Waals surface area contributed by atoms with E-state index < -0.39 is 72.1 Å². The topological polar surface area (TPSA) is 106 Å². The van der Waals surface area contributed by atoms with Crippen LogP contribution < -0.4 is 15.4 Å². The van der Waals surface area contributed by atoms with E-state index in [9.17, 15) is 45.1 Å². The average molecular weight is 541 g/mol. The number of nitrogens with one attached hydrogen (secondary N) is 2. The highest BCUT2D eigenvalue weighted by Gasteiger charge is 2.36. The third kappa shape index (κ3) is 8.35. The molecule has 0 bridgehead atoms. The number of amides is 3. The predicted molar refractivity (Wildman–Crippen MR) is 114 cm³/mol. The van der Waals surface area contributed by atoms with Crippen LogP contribution in [-0.2, 0) is 16.1 Å². The van der Waals surface area contributed by atoms with E-state index in [4.69, 9.17) is 0 Å². The van der Waals surface area contributed by atoms with Gasteiger partial charge in [0, 0.05) is 31.4 Å². The Hall–Kier alpha value is -3.85. The van der Waals surface area contributed by atoms with Crippen LogP contribution in [0.15, 0.2) is 24.4 Å². The number of carbonyl (C=O) groups excluding carboxylic acids is 3. The van der Waals surface area contributed by atoms with Gasteiger partial charge in [0.05, 0.1) is 18.2 Å². The van der Waals surface area contributed by atoms with Crippen molar-refractivity contribution >= 4 is 23.4 Å². The second-order valence-electron chi connectivity index (χ2n) is 7.71. The molecule has 9 nitrogen and oxygen atoms in total. The number of alkyl halides is 6. The van der Waals surface area contributed by atoms with Gasteiger partial charge in [0.2, 0.25) is 11.8 Å². The lowest BCUT2D eigenvalue weighted by atomic mass is 9.97. The maximum Gasteiger partial charge on any atom is 0.573 e. The predicted octanol–water partition coefficient (Wildman–Crippen LogP) is 3.43. The Kier molecular flexibility index (Phi) is 9.11. The summed E-state index contributed by atoms with van der Waals surface area (Å²) in [5.74, 6) is -7.05. The van der Waals surface area contributed by atoms with Crippen LogP contribution in [0.25, 0.3) is 0 Å². The van der Waals surface area contributed by atoms with E-state index >= 15 is 0 Å². The number of rotatable bonds is 9. The Bertz CT molecular complexity index is 1150. The summed E-state index contributed by atoms with van der Waals surface area (Å²) in [4.78, 5) is 36.9. The molecule has 0 aliphatic carbocycles. The van der Waals surface area contributed by atoms with Crippen LogP contribution >= 0.6 is 0 Å². The molecule has 16 heteroatoms. The fourth-order valence-electron chi connectivity index (χ4n) is 3.25. The van der Waals surface area contributed by atoms with Crippen LogP contribution in [0, 0.1) is 5.82 Å². The Morgan fingerprint density at radius 1 is 1.16 bits per heavy atom. The summed E-state index contributed by atoms with van der Waals surface area (Å²) in [5, 5.41) is 8.09. The van der Waals surface area contributed by atoms with E-state index in [-0.39, 0.29) is 10.6 Å². The first-order valence-corrected chi connectivity index (χ1v) is 10.5. The third-order valence-electron chi connectivity index (χ3n) is 4.89. The number of halogens is 7. The van der Waals surface area contributed by atoms with Gasteiger partial charge in [-0.2, -0.15) is 18.3 Å². The quantitative estimate of drug-likeness (QED) is 0.474. The molecule has 1 aromatic carbocycles. The average Bonchev–Trinajstić information content (AvgIpc) is 3.25. The van der Waals surface area contributed by atoms with Gasteiger partial charge in [-0.3, -0.25) is 19.1 Å². The zero-order valence-corrected chi connectivity index (χ0v) is 19.6. The normalized spacial score (nSPS) is 12.6. The summed E-state index contributed by atoms with van der Waals surface area (Å²) in [5.41, 5.74) is -1.36. The molecule has 1 aromatic heterocycles. The van der Waals surface area contributed by atoms with Crippen LogP contribution in [0.5, 0.6) is 5.75 Å². The van der Waals surface area contributed by atoms with Crippen LogP contribution in [0.4, 0.5) is 36.4 Å². The molecule has 1 atom stereocenters. The number of likely N-dealkylation sites (N-methyl/N-ethyl adjacent to an activating group) is 1. The smallest absolute Gasteiger partial charge is 0.405 e. The molecule has 0 saturated heterocycles. The van der Waals surface area contributed by atoms with Crippen molar-refractivity contribution in [2.75, 3.05) is 25.5 Å². The molecule has 0 aliphatic rings. The highest BCUT2D eigenvalue weighted by Crippen LogP contribution is 2.36. The van der Waals surface area contributed by atoms with Crippen LogP contribution in [0.3, 0.4) is 0 Å². The van der Waals surface area contributed by atoms with Crippen molar-refractivity contribution in [1.82, 2.24) is 20.0 Å². The Morgan fingerprint density at radius 2 is 1.81 bits per heavy atom. The number of hydrogen-bond acceptors (Lipinski definition) is 5. The molecule has 0 spiro atoms. The fraction of sp³-hybridized carbons (Fsp3) is 0.429. The molecule has 1 heterocycles. The van der Waals surface area contributed by atoms with Gasteiger partial charge < -0.3 is 20.3 Å². The first-order valence-electron chi connectivity index (χ1n) is 10.5. The van der Waals surface area contributed by atoms with Crippen LogP contribution in [0.1, 0.15) is 35.8 Å². The molecule has 2 N–H and O–H groups in total. The standard InChI is InChI=1S/C21H22F7N5O4/c1-4-33-15(5-6-30-33)18(35)29-9-17(34)31-14-8-16(37-21(26,27)28)12(7-13(14)22)11(2)19(36)32(3)10-20(23,24)25/h5-8,11H,4,9-10H2,1-3H3,(H,29,35)(H,31,34). The molecule has 0 aliphatic heterocycles. The largest absolute Gasteiger partial charge is 0.573 e. The van der Waals surface area contributed by atoms with E-state index in [0.717, 1.165) is 14.0 Å². The minimum absolute atomic E-state index is 0.126. The molecule has 3 amide bonds. The van der Waals surface area contributed by atoms with Gasteiger partial charge in [-0.25, -0.2) is 4.39 Å². The summed E-state index contributed by atoms with van der Waals surface area (Å²) in [6, 6.07) is 2.27. The van der Waals surface area contributed by atoms with E-state index in [0.29, 0.717) is 18.7 Å². The summed E-state index contributed by atoms with van der Waals surface area (Å²) in [7, 11) is 0.781. The van der Waals surface area contributed by atoms with Crippen molar-refractivity contribution in [3.63, 3.8) is 0 Å². The number of aryl methyl sites for hydroxylation is 1. The molecule has 2 rings (SSSR count). The lowest BCUT2D eigenvalue weighted by Gasteiger charge is -2.24. The van der Waals surface area contributed by atoms with E-state index in [1.807, 2.05) is 5.32 Å². The van der Waals surface area contributed by atoms with Crippen molar-refractivity contribution in [3.05, 3.63) is 41.5 Å². The van der Waals surface area contributed by atoms with E-state index in [1.54, 1.807) is 6.92 Å². The zero-order valence-electron chi connectivity index (χ0n) is 19.6. The van der Waals surface area contributed by atoms with Crippen LogP contribution in [0.2, 0.25) is 0 Å². The lowest BCUT2D eigenvalue weighted by molar-refractivity contribution is -0.275. The Balaban J connectivity index is 2.24. The molecule has 37 heavy (non-hydrogen) atoms. The molecular formula is C21H22F7N5O4. The third-order valence-corrected chi connectivity index (χ3v) is 4.89. The molecule has 204 valence electrons. The second-order valence-corrected chi connectivity index (χ2v) is 7.71. The first-order chi connectivity index (χ1) is 17.0. The zero-order chi connectivity index (χ0) is 28.1. The number of anilines is 1. The van der Waals surface area contributed by atoms with Gasteiger partial charge in [0.1, 0.15) is 23.8 Å². The van der Waals surface area contributed by atoms with Gasteiger partial charge >= 0.3 is 12.5 Å². The van der Waals surface area contributed by atoms with Crippen molar-refractivity contribution < 1.29 is 49.9 Å². The maximum atomic E-state index is 14.7. The number of nitrogens with zero attached hydrogens (tertiary/aromatic N) is 3. The molecule has 2 aromatic rings. The second kappa shape index (κ2) is 11.5. The maximum absolute atomic E-state index is 14.7. The van der Waals surface area contributed by atoms with Gasteiger partial charge in [-0.05, 0) is 26.0 Å². The molecular weight excluding hydrogens is 519 g/mol. The highest BCUT2D eigenvalue weighted by atomic mass is 19.4. The lowest BCUT2D eigenvalue weighted by Crippen LogP contribution is -2.38. The molecule has 1 unspecified atom stereocenters. The minimum Gasteiger partial charge on any atom is -0.405 e. The van der Waals surface area contributed by atoms with Gasteiger partial charge in [-0.1, -0.05) is 0 Å². The number of benzene rings is 1. The number of hydrogen-bond donors (Lipinski definition) is 2. The first kappa shape index (κ1) is 29.4. The van der Waals surface area contributed by atoms with Gasteiger partial charge in [-0.15, -0.1) is 13.2 Å². The van der Waals surface area contributed by atoms with Crippen LogP contribution in [-0.4, -0.2) is 65.1 Å².